The van der Waals surface area contributed by atoms with Gasteiger partial charge in [0.2, 0.25) is 5.91 Å². The Morgan fingerprint density at radius 2 is 2.33 bits per heavy atom. The summed E-state index contributed by atoms with van der Waals surface area (Å²) in [5.41, 5.74) is -0.0963. The van der Waals surface area contributed by atoms with Crippen LogP contribution in [-0.4, -0.2) is 47.1 Å². The number of likely N-dealkylation sites (tertiary alicyclic amines) is 1. The largest absolute Gasteiger partial charge is 0.362 e. The predicted molar refractivity (Wildman–Crippen MR) is 93.7 cm³/mol. The molecule has 2 saturated heterocycles. The van der Waals surface area contributed by atoms with Crippen molar-refractivity contribution < 1.29 is 9.53 Å². The molecule has 1 spiro atoms. The zero-order valence-corrected chi connectivity index (χ0v) is 15.2. The highest BCUT2D eigenvalue weighted by Crippen LogP contribution is 2.42. The molecule has 24 heavy (non-hydrogen) atoms. The van der Waals surface area contributed by atoms with Crippen molar-refractivity contribution >= 4 is 17.2 Å². The molecule has 3 atom stereocenters. The number of ether oxygens (including phenoxy) is 1. The van der Waals surface area contributed by atoms with Crippen molar-refractivity contribution in [1.29, 1.82) is 0 Å². The first-order chi connectivity index (χ1) is 11.6. The van der Waals surface area contributed by atoms with Gasteiger partial charge in [0.05, 0.1) is 12.1 Å². The quantitative estimate of drug-likeness (QED) is 0.887. The van der Waals surface area contributed by atoms with Crippen LogP contribution in [0.3, 0.4) is 0 Å². The zero-order chi connectivity index (χ0) is 16.6. The Morgan fingerprint density at radius 3 is 3.04 bits per heavy atom. The number of thiazole rings is 1. The van der Waals surface area contributed by atoms with Crippen molar-refractivity contribution in [3.8, 4) is 0 Å². The van der Waals surface area contributed by atoms with Gasteiger partial charge in [-0.3, -0.25) is 9.69 Å². The molecule has 1 saturated carbocycles. The predicted octanol–water partition coefficient (Wildman–Crippen LogP) is 2.43. The van der Waals surface area contributed by atoms with Crippen molar-refractivity contribution in [2.45, 2.75) is 57.3 Å². The van der Waals surface area contributed by atoms with Crippen LogP contribution in [0.2, 0.25) is 0 Å². The van der Waals surface area contributed by atoms with Crippen LogP contribution < -0.4 is 5.32 Å². The fraction of sp³-hybridized carbons (Fsp3) is 0.778. The average molecular weight is 350 g/mol. The fourth-order valence-corrected chi connectivity index (χ4v) is 4.75. The molecule has 0 bridgehead atoms. The lowest BCUT2D eigenvalue weighted by Crippen LogP contribution is -2.51. The molecule has 0 aromatic carbocycles. The minimum Gasteiger partial charge on any atom is -0.362 e. The van der Waals surface area contributed by atoms with Crippen LogP contribution >= 0.6 is 11.3 Å². The van der Waals surface area contributed by atoms with Crippen molar-refractivity contribution in [2.24, 2.45) is 11.8 Å². The molecule has 1 N–H and O–H groups in total. The molecule has 5 nitrogen and oxygen atoms in total. The van der Waals surface area contributed by atoms with Gasteiger partial charge in [0.1, 0.15) is 11.1 Å². The first-order valence-electron chi connectivity index (χ1n) is 9.21. The molecule has 1 unspecified atom stereocenters. The summed E-state index contributed by atoms with van der Waals surface area (Å²) in [6.45, 7) is 6.10. The van der Waals surface area contributed by atoms with Crippen molar-refractivity contribution in [3.63, 3.8) is 0 Å². The summed E-state index contributed by atoms with van der Waals surface area (Å²) in [6, 6.07) is 0. The number of rotatable bonds is 5. The monoisotopic (exact) mass is 349 g/mol. The van der Waals surface area contributed by atoms with Crippen LogP contribution in [0.15, 0.2) is 11.6 Å². The van der Waals surface area contributed by atoms with E-state index in [4.69, 9.17) is 4.74 Å². The molecular weight excluding hydrogens is 322 g/mol. The summed E-state index contributed by atoms with van der Waals surface area (Å²) in [5.74, 6) is 1.28. The van der Waals surface area contributed by atoms with E-state index < -0.39 is 0 Å². The molecule has 1 aromatic heterocycles. The first kappa shape index (κ1) is 16.5. The SMILES string of the molecule is C[C@@H]1CN(Cc2nccs2)CC[C@@]12CCC(C(=O)NCC1CC1)O2. The van der Waals surface area contributed by atoms with E-state index in [1.807, 2.05) is 11.6 Å². The van der Waals surface area contributed by atoms with Gasteiger partial charge in [0, 0.05) is 31.2 Å². The third-order valence-electron chi connectivity index (χ3n) is 5.88. The molecule has 2 aliphatic heterocycles. The summed E-state index contributed by atoms with van der Waals surface area (Å²) in [6.07, 6.45) is 7.07. The number of hydrogen-bond acceptors (Lipinski definition) is 5. The Labute approximate surface area is 147 Å². The van der Waals surface area contributed by atoms with Crippen molar-refractivity contribution in [1.82, 2.24) is 15.2 Å². The number of carbonyl (C=O) groups is 1. The van der Waals surface area contributed by atoms with E-state index in [2.05, 4.69) is 22.1 Å². The lowest BCUT2D eigenvalue weighted by molar-refractivity contribution is -0.147. The molecule has 3 fully saturated rings. The van der Waals surface area contributed by atoms with E-state index in [9.17, 15) is 4.79 Å². The maximum Gasteiger partial charge on any atom is 0.249 e. The Hall–Kier alpha value is -0.980. The molecule has 1 amide bonds. The van der Waals surface area contributed by atoms with E-state index in [1.54, 1.807) is 11.3 Å². The number of amides is 1. The Balaban J connectivity index is 1.30. The third kappa shape index (κ3) is 3.51. The first-order valence-corrected chi connectivity index (χ1v) is 10.1. The second-order valence-electron chi connectivity index (χ2n) is 7.71. The van der Waals surface area contributed by atoms with Crippen LogP contribution in [0.25, 0.3) is 0 Å². The Bertz CT molecular complexity index is 575. The molecule has 1 aromatic rings. The number of aromatic nitrogens is 1. The van der Waals surface area contributed by atoms with Gasteiger partial charge in [0.15, 0.2) is 0 Å². The molecule has 0 radical (unpaired) electrons. The second-order valence-corrected chi connectivity index (χ2v) is 8.69. The molecule has 3 aliphatic rings. The van der Waals surface area contributed by atoms with E-state index in [1.165, 1.54) is 17.8 Å². The van der Waals surface area contributed by atoms with E-state index >= 15 is 0 Å². The summed E-state index contributed by atoms with van der Waals surface area (Å²) < 4.78 is 6.35. The highest BCUT2D eigenvalue weighted by molar-refractivity contribution is 7.09. The lowest BCUT2D eigenvalue weighted by Gasteiger charge is -2.44. The van der Waals surface area contributed by atoms with E-state index in [0.29, 0.717) is 5.92 Å². The van der Waals surface area contributed by atoms with Gasteiger partial charge in [-0.1, -0.05) is 6.92 Å². The van der Waals surface area contributed by atoms with Gasteiger partial charge in [-0.2, -0.15) is 0 Å². The molecule has 6 heteroatoms. The van der Waals surface area contributed by atoms with Gasteiger partial charge in [0.25, 0.3) is 0 Å². The van der Waals surface area contributed by atoms with Crippen LogP contribution in [0.4, 0.5) is 0 Å². The number of nitrogens with zero attached hydrogens (tertiary/aromatic N) is 2. The van der Waals surface area contributed by atoms with Crippen LogP contribution in [0.1, 0.15) is 44.0 Å². The minimum atomic E-state index is -0.239. The summed E-state index contributed by atoms with van der Waals surface area (Å²) in [5, 5.41) is 6.30. The van der Waals surface area contributed by atoms with E-state index in [0.717, 1.165) is 51.4 Å². The minimum absolute atomic E-state index is 0.0963. The second kappa shape index (κ2) is 6.73. The summed E-state index contributed by atoms with van der Waals surface area (Å²) in [7, 11) is 0. The zero-order valence-electron chi connectivity index (χ0n) is 14.4. The lowest BCUT2D eigenvalue weighted by atomic mass is 9.80. The number of piperidine rings is 1. The van der Waals surface area contributed by atoms with Crippen LogP contribution in [0, 0.1) is 11.8 Å². The van der Waals surface area contributed by atoms with Crippen molar-refractivity contribution in [3.05, 3.63) is 16.6 Å². The van der Waals surface area contributed by atoms with E-state index in [-0.39, 0.29) is 17.6 Å². The summed E-state index contributed by atoms with van der Waals surface area (Å²) in [4.78, 5) is 19.2. The van der Waals surface area contributed by atoms with Crippen LogP contribution in [-0.2, 0) is 16.1 Å². The number of carbonyl (C=O) groups excluding carboxylic acids is 1. The Kier molecular flexibility index (Phi) is 4.62. The van der Waals surface area contributed by atoms with Crippen molar-refractivity contribution in [2.75, 3.05) is 19.6 Å². The molecule has 4 rings (SSSR count). The normalized spacial score (nSPS) is 33.9. The standard InChI is InChI=1S/C18H27N3O2S/c1-13-11-21(12-16-19-7-9-24-16)8-6-18(13)5-4-15(23-18)17(22)20-10-14-2-3-14/h7,9,13-15H,2-6,8,10-12H2,1H3,(H,20,22)/t13-,15?,18+/m1/s1. The van der Waals surface area contributed by atoms with Gasteiger partial charge in [-0.15, -0.1) is 11.3 Å². The highest BCUT2D eigenvalue weighted by Gasteiger charge is 2.48. The summed E-state index contributed by atoms with van der Waals surface area (Å²) >= 11 is 1.72. The average Bonchev–Trinajstić information content (AvgIpc) is 3.07. The smallest absolute Gasteiger partial charge is 0.249 e. The molecular formula is C18H27N3O2S. The number of hydrogen-bond donors (Lipinski definition) is 1. The Morgan fingerprint density at radius 1 is 1.46 bits per heavy atom. The fourth-order valence-electron chi connectivity index (χ4n) is 4.09. The van der Waals surface area contributed by atoms with Gasteiger partial charge >= 0.3 is 0 Å². The third-order valence-corrected chi connectivity index (χ3v) is 6.65. The molecule has 1 aliphatic carbocycles. The number of nitrogens with one attached hydrogen (secondary N) is 1. The van der Waals surface area contributed by atoms with Gasteiger partial charge in [-0.25, -0.2) is 4.98 Å². The van der Waals surface area contributed by atoms with Gasteiger partial charge < -0.3 is 10.1 Å². The van der Waals surface area contributed by atoms with Crippen LogP contribution in [0.5, 0.6) is 0 Å². The maximum absolute atomic E-state index is 12.3. The highest BCUT2D eigenvalue weighted by atomic mass is 32.1. The topological polar surface area (TPSA) is 54.5 Å². The van der Waals surface area contributed by atoms with Gasteiger partial charge in [-0.05, 0) is 43.9 Å². The maximum atomic E-state index is 12.3. The molecule has 132 valence electrons. The molecule has 3 heterocycles.